The van der Waals surface area contributed by atoms with E-state index in [0.717, 1.165) is 18.2 Å². The molecule has 20 heavy (non-hydrogen) atoms. The molecule has 0 saturated carbocycles. The van der Waals surface area contributed by atoms with Crippen LogP contribution in [0.15, 0.2) is 29.3 Å². The minimum absolute atomic E-state index is 0.449. The van der Waals surface area contributed by atoms with E-state index in [0.29, 0.717) is 5.41 Å². The molecule has 1 heteroatoms. The predicted octanol–water partition coefficient (Wildman–Crippen LogP) is 5.52. The topological polar surface area (TPSA) is 12.4 Å². The molecule has 0 N–H and O–H groups in total. The van der Waals surface area contributed by atoms with Crippen molar-refractivity contribution in [3.63, 3.8) is 0 Å². The van der Waals surface area contributed by atoms with Crippen LogP contribution in [-0.4, -0.2) is 12.3 Å². The van der Waals surface area contributed by atoms with E-state index in [4.69, 9.17) is 0 Å². The second-order valence-electron chi connectivity index (χ2n) is 6.75. The molecule has 0 aromatic heterocycles. The molecule has 0 heterocycles. The van der Waals surface area contributed by atoms with Gasteiger partial charge in [-0.1, -0.05) is 52.0 Å². The highest BCUT2D eigenvalue weighted by molar-refractivity contribution is 5.98. The Balaban J connectivity index is 2.53. The number of aryl methyl sites for hydroxylation is 1. The summed E-state index contributed by atoms with van der Waals surface area (Å²) in [5.74, 6) is 0.748. The number of rotatable bonds is 7. The van der Waals surface area contributed by atoms with Crippen LogP contribution >= 0.6 is 0 Å². The van der Waals surface area contributed by atoms with E-state index in [2.05, 4.69) is 70.8 Å². The lowest BCUT2D eigenvalue weighted by Gasteiger charge is -2.29. The zero-order valence-electron chi connectivity index (χ0n) is 14.2. The molecule has 1 aromatic rings. The predicted molar refractivity (Wildman–Crippen MR) is 90.8 cm³/mol. The van der Waals surface area contributed by atoms with Crippen molar-refractivity contribution >= 4 is 5.71 Å². The van der Waals surface area contributed by atoms with Crippen molar-refractivity contribution in [3.05, 3.63) is 35.4 Å². The lowest BCUT2D eigenvalue weighted by Crippen LogP contribution is -2.19. The first-order chi connectivity index (χ1) is 9.36. The summed E-state index contributed by atoms with van der Waals surface area (Å²) in [5.41, 5.74) is 4.28. The van der Waals surface area contributed by atoms with Gasteiger partial charge in [0, 0.05) is 12.3 Å². The van der Waals surface area contributed by atoms with Gasteiger partial charge in [-0.3, -0.25) is 4.99 Å². The van der Waals surface area contributed by atoms with E-state index in [1.807, 2.05) is 0 Å². The van der Waals surface area contributed by atoms with Gasteiger partial charge in [-0.2, -0.15) is 0 Å². The van der Waals surface area contributed by atoms with Crippen LogP contribution in [0.25, 0.3) is 0 Å². The first-order valence-corrected chi connectivity index (χ1v) is 7.97. The Hall–Kier alpha value is -1.11. The third-order valence-electron chi connectivity index (χ3n) is 4.62. The molecule has 112 valence electrons. The monoisotopic (exact) mass is 273 g/mol. The van der Waals surface area contributed by atoms with Gasteiger partial charge in [-0.05, 0) is 55.6 Å². The summed E-state index contributed by atoms with van der Waals surface area (Å²) in [6.45, 7) is 14.4. The fourth-order valence-corrected chi connectivity index (χ4v) is 2.28. The maximum Gasteiger partial charge on any atom is 0.0389 e. The molecule has 0 aliphatic heterocycles. The summed E-state index contributed by atoms with van der Waals surface area (Å²) >= 11 is 0. The molecule has 0 atom stereocenters. The summed E-state index contributed by atoms with van der Waals surface area (Å²) in [5, 5.41) is 0. The quantitative estimate of drug-likeness (QED) is 0.580. The molecule has 1 nitrogen and oxygen atoms in total. The van der Waals surface area contributed by atoms with Gasteiger partial charge in [-0.25, -0.2) is 0 Å². The Kier molecular flexibility index (Phi) is 6.45. The Bertz CT molecular complexity index is 424. The second-order valence-corrected chi connectivity index (χ2v) is 6.75. The van der Waals surface area contributed by atoms with E-state index in [1.165, 1.54) is 30.4 Å². The highest BCUT2D eigenvalue weighted by Gasteiger charge is 2.21. The Labute approximate surface area is 125 Å². The average molecular weight is 273 g/mol. The van der Waals surface area contributed by atoms with Crippen molar-refractivity contribution in [1.29, 1.82) is 0 Å². The zero-order valence-corrected chi connectivity index (χ0v) is 14.2. The molecule has 0 spiro atoms. The number of benzene rings is 1. The molecule has 0 bridgehead atoms. The van der Waals surface area contributed by atoms with E-state index in [1.54, 1.807) is 0 Å². The maximum atomic E-state index is 4.46. The van der Waals surface area contributed by atoms with Gasteiger partial charge in [-0.15, -0.1) is 0 Å². The van der Waals surface area contributed by atoms with Crippen molar-refractivity contribution in [2.75, 3.05) is 6.54 Å². The summed E-state index contributed by atoms with van der Waals surface area (Å²) in [6.07, 6.45) is 3.75. The van der Waals surface area contributed by atoms with Gasteiger partial charge in [0.25, 0.3) is 0 Å². The molecule has 0 aliphatic carbocycles. The van der Waals surface area contributed by atoms with Crippen LogP contribution in [-0.2, 0) is 6.42 Å². The summed E-state index contributed by atoms with van der Waals surface area (Å²) < 4.78 is 0. The molecule has 1 aromatic carbocycles. The van der Waals surface area contributed by atoms with E-state index >= 15 is 0 Å². The first-order valence-electron chi connectivity index (χ1n) is 7.97. The smallest absolute Gasteiger partial charge is 0.0389 e. The fraction of sp³-hybridized carbons (Fsp3) is 0.632. The lowest BCUT2D eigenvalue weighted by molar-refractivity contribution is 0.224. The van der Waals surface area contributed by atoms with Crippen molar-refractivity contribution in [2.45, 2.75) is 60.8 Å². The van der Waals surface area contributed by atoms with Gasteiger partial charge < -0.3 is 0 Å². The minimum Gasteiger partial charge on any atom is -0.290 e. The van der Waals surface area contributed by atoms with Gasteiger partial charge in [0.2, 0.25) is 0 Å². The third-order valence-corrected chi connectivity index (χ3v) is 4.62. The normalized spacial score (nSPS) is 13.1. The van der Waals surface area contributed by atoms with E-state index in [9.17, 15) is 0 Å². The largest absolute Gasteiger partial charge is 0.290 e. The molecular weight excluding hydrogens is 242 g/mol. The molecule has 1 rings (SSSR count). The van der Waals surface area contributed by atoms with Gasteiger partial charge in [0.15, 0.2) is 0 Å². The SMILES string of the molecule is CC/N=C(\C)c1ccc(CCCC(C)(C)C(C)C)cc1. The van der Waals surface area contributed by atoms with Crippen LogP contribution in [0.2, 0.25) is 0 Å². The van der Waals surface area contributed by atoms with Crippen LogP contribution in [0.3, 0.4) is 0 Å². The molecule has 0 amide bonds. The summed E-state index contributed by atoms with van der Waals surface area (Å²) in [7, 11) is 0. The zero-order chi connectivity index (χ0) is 15.2. The van der Waals surface area contributed by atoms with Crippen molar-refractivity contribution in [2.24, 2.45) is 16.3 Å². The molecule has 0 unspecified atom stereocenters. The number of hydrogen-bond acceptors (Lipinski definition) is 1. The average Bonchev–Trinajstić information content (AvgIpc) is 2.39. The first kappa shape index (κ1) is 16.9. The van der Waals surface area contributed by atoms with Crippen LogP contribution < -0.4 is 0 Å². The van der Waals surface area contributed by atoms with Crippen molar-refractivity contribution in [3.8, 4) is 0 Å². The van der Waals surface area contributed by atoms with Crippen molar-refractivity contribution in [1.82, 2.24) is 0 Å². The number of hydrogen-bond donors (Lipinski definition) is 0. The van der Waals surface area contributed by atoms with Crippen LogP contribution in [0.4, 0.5) is 0 Å². The van der Waals surface area contributed by atoms with Gasteiger partial charge >= 0.3 is 0 Å². The second kappa shape index (κ2) is 7.61. The number of aliphatic imine (C=N–C) groups is 1. The van der Waals surface area contributed by atoms with Crippen LogP contribution in [0, 0.1) is 11.3 Å². The highest BCUT2D eigenvalue weighted by Crippen LogP contribution is 2.31. The van der Waals surface area contributed by atoms with Crippen LogP contribution in [0.5, 0.6) is 0 Å². The molecular formula is C19H31N. The number of nitrogens with zero attached hydrogens (tertiary/aromatic N) is 1. The van der Waals surface area contributed by atoms with Gasteiger partial charge in [0.1, 0.15) is 0 Å². The lowest BCUT2D eigenvalue weighted by atomic mass is 9.77. The molecule has 0 aliphatic rings. The third kappa shape index (κ3) is 5.11. The molecule has 0 radical (unpaired) electrons. The summed E-state index contributed by atoms with van der Waals surface area (Å²) in [4.78, 5) is 4.46. The maximum absolute atomic E-state index is 4.46. The van der Waals surface area contributed by atoms with Crippen molar-refractivity contribution < 1.29 is 0 Å². The Morgan fingerprint density at radius 2 is 1.75 bits per heavy atom. The van der Waals surface area contributed by atoms with Crippen LogP contribution in [0.1, 0.15) is 65.5 Å². The highest BCUT2D eigenvalue weighted by atomic mass is 14.7. The Morgan fingerprint density at radius 1 is 1.15 bits per heavy atom. The van der Waals surface area contributed by atoms with Gasteiger partial charge in [0.05, 0.1) is 0 Å². The summed E-state index contributed by atoms with van der Waals surface area (Å²) in [6, 6.07) is 8.92. The van der Waals surface area contributed by atoms with E-state index < -0.39 is 0 Å². The molecule has 0 fully saturated rings. The Morgan fingerprint density at radius 3 is 2.25 bits per heavy atom. The van der Waals surface area contributed by atoms with E-state index in [-0.39, 0.29) is 0 Å². The fourth-order valence-electron chi connectivity index (χ4n) is 2.28. The minimum atomic E-state index is 0.449. The molecule has 0 saturated heterocycles. The standard InChI is InChI=1S/C19H31N/c1-7-20-16(4)18-12-10-17(11-13-18)9-8-14-19(5,6)15(2)3/h10-13,15H,7-9,14H2,1-6H3/b20-16+.